The van der Waals surface area contributed by atoms with Crippen molar-refractivity contribution in [1.82, 2.24) is 41.7 Å². The van der Waals surface area contributed by atoms with Crippen LogP contribution in [0.25, 0.3) is 0 Å². The van der Waals surface area contributed by atoms with Crippen molar-refractivity contribution in [1.29, 1.82) is 0 Å². The lowest BCUT2D eigenvalue weighted by Gasteiger charge is -2.30. The molecule has 58 heavy (non-hydrogen) atoms. The molecule has 2 fully saturated rings. The van der Waals surface area contributed by atoms with E-state index in [0.717, 1.165) is 49.7 Å². The summed E-state index contributed by atoms with van der Waals surface area (Å²) in [6.07, 6.45) is 7.52. The van der Waals surface area contributed by atoms with Gasteiger partial charge in [-0.15, -0.1) is 0 Å². The summed E-state index contributed by atoms with van der Waals surface area (Å²) in [6.45, 7) is 5.34. The standard InChI is InChI=1S/C44H66N8O6/c1-31(45-3)41(55)49-37(43(57)51-25-15-21-35(51)29-47-39(53)27-33-17-9-7-10-18-33)23-13-5-6-14-24-38(50-42(56)32(2)46-4)44(58)52-26-16-22-36(52)30-48-40(54)28-34-19-11-8-12-20-34/h7-12,17-20,31-32,35-38,45-46H,5-6,13-16,21-30H2,1-4H3,(H,47,53)(H,48,54)(H,49,55)(H,50,56)/t31-,32-,35-,36-,37-,38-/m0/s1. The number of nitrogens with zero attached hydrogens (tertiary/aromatic N) is 2. The molecule has 0 spiro atoms. The third-order valence-electron chi connectivity index (χ3n) is 11.4. The summed E-state index contributed by atoms with van der Waals surface area (Å²) in [5.74, 6) is -0.976. The lowest BCUT2D eigenvalue weighted by molar-refractivity contribution is -0.138. The van der Waals surface area contributed by atoms with Gasteiger partial charge in [-0.2, -0.15) is 0 Å². The van der Waals surface area contributed by atoms with Crippen LogP contribution in [0.5, 0.6) is 0 Å². The first kappa shape index (κ1) is 45.9. The van der Waals surface area contributed by atoms with E-state index in [0.29, 0.717) is 51.9 Å². The van der Waals surface area contributed by atoms with Crippen LogP contribution >= 0.6 is 0 Å². The zero-order valence-corrected chi connectivity index (χ0v) is 34.9. The third-order valence-corrected chi connectivity index (χ3v) is 11.4. The lowest BCUT2D eigenvalue weighted by Crippen LogP contribution is -2.54. The summed E-state index contributed by atoms with van der Waals surface area (Å²) in [4.78, 5) is 82.9. The second-order valence-electron chi connectivity index (χ2n) is 15.7. The molecule has 0 bridgehead atoms. The highest BCUT2D eigenvalue weighted by Crippen LogP contribution is 2.22. The van der Waals surface area contributed by atoms with Gasteiger partial charge in [-0.25, -0.2) is 0 Å². The van der Waals surface area contributed by atoms with E-state index in [1.807, 2.05) is 70.5 Å². The van der Waals surface area contributed by atoms with E-state index >= 15 is 0 Å². The molecule has 2 aromatic carbocycles. The minimum Gasteiger partial charge on any atom is -0.354 e. The van der Waals surface area contributed by atoms with E-state index in [1.165, 1.54) is 0 Å². The fourth-order valence-corrected chi connectivity index (χ4v) is 7.65. The van der Waals surface area contributed by atoms with E-state index in [2.05, 4.69) is 31.9 Å². The van der Waals surface area contributed by atoms with Crippen molar-refractivity contribution in [3.8, 4) is 0 Å². The van der Waals surface area contributed by atoms with Crippen LogP contribution in [0.15, 0.2) is 60.7 Å². The SMILES string of the molecule is CN[C@@H](C)C(=O)N[C@@H](CCCCCC[C@H](NC(=O)[C@H](C)NC)C(=O)N1CCC[C@H]1CNC(=O)Cc1ccccc1)C(=O)N1CCC[C@H]1CNC(=O)Cc1ccccc1. The average molecular weight is 803 g/mol. The molecule has 4 rings (SSSR count). The smallest absolute Gasteiger partial charge is 0.245 e. The Labute approximate surface area is 344 Å². The summed E-state index contributed by atoms with van der Waals surface area (Å²) in [5.41, 5.74) is 1.85. The summed E-state index contributed by atoms with van der Waals surface area (Å²) >= 11 is 0. The van der Waals surface area contributed by atoms with Gasteiger partial charge in [-0.3, -0.25) is 28.8 Å². The predicted octanol–water partition coefficient (Wildman–Crippen LogP) is 2.21. The molecule has 2 aromatic rings. The van der Waals surface area contributed by atoms with Crippen molar-refractivity contribution in [2.45, 2.75) is 127 Å². The van der Waals surface area contributed by atoms with Gasteiger partial charge in [-0.05, 0) is 77.6 Å². The topological polar surface area (TPSA) is 181 Å². The maximum Gasteiger partial charge on any atom is 0.245 e. The number of carbonyl (C=O) groups is 6. The Kier molecular flexibility index (Phi) is 19.1. The molecule has 2 heterocycles. The number of nitrogens with one attached hydrogen (secondary N) is 6. The van der Waals surface area contributed by atoms with Crippen molar-refractivity contribution < 1.29 is 28.8 Å². The Morgan fingerprint density at radius 2 is 0.966 bits per heavy atom. The van der Waals surface area contributed by atoms with Gasteiger partial charge in [0, 0.05) is 38.3 Å². The molecule has 6 atom stereocenters. The van der Waals surface area contributed by atoms with Crippen molar-refractivity contribution >= 4 is 35.4 Å². The van der Waals surface area contributed by atoms with Crippen LogP contribution in [-0.2, 0) is 41.6 Å². The summed E-state index contributed by atoms with van der Waals surface area (Å²) in [7, 11) is 3.40. The van der Waals surface area contributed by atoms with Gasteiger partial charge < -0.3 is 41.7 Å². The molecule has 14 nitrogen and oxygen atoms in total. The molecule has 2 aliphatic rings. The maximum absolute atomic E-state index is 14.0. The molecule has 14 heteroatoms. The fraction of sp³-hybridized carbons (Fsp3) is 0.591. The van der Waals surface area contributed by atoms with Crippen LogP contribution in [0, 0.1) is 0 Å². The minimum absolute atomic E-state index is 0.0958. The van der Waals surface area contributed by atoms with E-state index in [9.17, 15) is 28.8 Å². The molecule has 0 saturated carbocycles. The van der Waals surface area contributed by atoms with Crippen molar-refractivity contribution in [2.75, 3.05) is 40.3 Å². The largest absolute Gasteiger partial charge is 0.354 e. The number of rotatable bonds is 23. The molecule has 0 aliphatic carbocycles. The number of likely N-dealkylation sites (N-methyl/N-ethyl adjacent to an activating group) is 2. The molecule has 2 aliphatic heterocycles. The third kappa shape index (κ3) is 14.5. The molecule has 0 aromatic heterocycles. The lowest BCUT2D eigenvalue weighted by atomic mass is 10.0. The van der Waals surface area contributed by atoms with E-state index in [1.54, 1.807) is 27.9 Å². The summed E-state index contributed by atoms with van der Waals surface area (Å²) in [5, 5.41) is 17.9. The summed E-state index contributed by atoms with van der Waals surface area (Å²) in [6, 6.07) is 16.4. The molecular formula is C44H66N8O6. The maximum atomic E-state index is 14.0. The Morgan fingerprint density at radius 3 is 1.33 bits per heavy atom. The van der Waals surface area contributed by atoms with Crippen LogP contribution in [0.3, 0.4) is 0 Å². The highest BCUT2D eigenvalue weighted by Gasteiger charge is 2.36. The number of amides is 6. The van der Waals surface area contributed by atoms with Crippen LogP contribution in [-0.4, -0.2) is 122 Å². The zero-order valence-electron chi connectivity index (χ0n) is 34.9. The van der Waals surface area contributed by atoms with Gasteiger partial charge in [0.25, 0.3) is 0 Å². The molecule has 6 N–H and O–H groups in total. The molecule has 6 amide bonds. The van der Waals surface area contributed by atoms with Gasteiger partial charge in [0.2, 0.25) is 35.4 Å². The monoisotopic (exact) mass is 803 g/mol. The van der Waals surface area contributed by atoms with Gasteiger partial charge in [0.1, 0.15) is 12.1 Å². The molecule has 318 valence electrons. The molecule has 0 unspecified atom stereocenters. The van der Waals surface area contributed by atoms with Crippen molar-refractivity contribution in [3.63, 3.8) is 0 Å². The van der Waals surface area contributed by atoms with Crippen molar-refractivity contribution in [3.05, 3.63) is 71.8 Å². The van der Waals surface area contributed by atoms with Crippen LogP contribution in [0.2, 0.25) is 0 Å². The molecule has 0 radical (unpaired) electrons. The highest BCUT2D eigenvalue weighted by atomic mass is 16.2. The second-order valence-corrected chi connectivity index (χ2v) is 15.7. The average Bonchev–Trinajstić information content (AvgIpc) is 3.92. The first-order valence-electron chi connectivity index (χ1n) is 21.2. The summed E-state index contributed by atoms with van der Waals surface area (Å²) < 4.78 is 0. The fourth-order valence-electron chi connectivity index (χ4n) is 7.65. The molecular weight excluding hydrogens is 737 g/mol. The predicted molar refractivity (Wildman–Crippen MR) is 224 cm³/mol. The van der Waals surface area contributed by atoms with Gasteiger partial charge in [0.15, 0.2) is 0 Å². The first-order valence-corrected chi connectivity index (χ1v) is 21.2. The normalized spacial score (nSPS) is 18.5. The number of carbonyl (C=O) groups excluding carboxylic acids is 6. The van der Waals surface area contributed by atoms with Crippen molar-refractivity contribution in [2.24, 2.45) is 0 Å². The Morgan fingerprint density at radius 1 is 0.586 bits per heavy atom. The van der Waals surface area contributed by atoms with Crippen LogP contribution < -0.4 is 31.9 Å². The van der Waals surface area contributed by atoms with E-state index in [4.69, 9.17) is 0 Å². The highest BCUT2D eigenvalue weighted by molar-refractivity contribution is 5.91. The molecule has 2 saturated heterocycles. The van der Waals surface area contributed by atoms with Gasteiger partial charge in [-0.1, -0.05) is 86.3 Å². The Hall–Kier alpha value is -4.82. The zero-order chi connectivity index (χ0) is 41.9. The van der Waals surface area contributed by atoms with E-state index < -0.39 is 24.2 Å². The van der Waals surface area contributed by atoms with E-state index in [-0.39, 0.29) is 60.4 Å². The Bertz CT molecular complexity index is 1510. The van der Waals surface area contributed by atoms with Gasteiger partial charge >= 0.3 is 0 Å². The number of hydrogen-bond acceptors (Lipinski definition) is 8. The Balaban J connectivity index is 1.30. The number of benzene rings is 2. The second kappa shape index (κ2) is 24.2. The van der Waals surface area contributed by atoms with Crippen LogP contribution in [0.4, 0.5) is 0 Å². The number of likely N-dealkylation sites (tertiary alicyclic amines) is 2. The first-order chi connectivity index (χ1) is 28.0. The van der Waals surface area contributed by atoms with Crippen LogP contribution in [0.1, 0.15) is 89.2 Å². The van der Waals surface area contributed by atoms with Gasteiger partial charge in [0.05, 0.1) is 24.9 Å². The number of hydrogen-bond donors (Lipinski definition) is 6. The minimum atomic E-state index is -0.708. The quantitative estimate of drug-likeness (QED) is 0.0926. The number of unbranched alkanes of at least 4 members (excludes halogenated alkanes) is 3.